The van der Waals surface area contributed by atoms with Crippen molar-refractivity contribution in [2.75, 3.05) is 17.9 Å². The lowest BCUT2D eigenvalue weighted by atomic mass is 10.2. The number of hydrogen-bond donors (Lipinski definition) is 2. The molecule has 3 rings (SSSR count). The molecule has 0 aliphatic rings. The highest BCUT2D eigenvalue weighted by atomic mass is 35.5. The van der Waals surface area contributed by atoms with Crippen molar-refractivity contribution < 1.29 is 17.9 Å². The van der Waals surface area contributed by atoms with Crippen LogP contribution < -0.4 is 14.8 Å². The number of sulfonamides is 1. The Morgan fingerprint density at radius 3 is 2.34 bits per heavy atom. The molecule has 0 aliphatic carbocycles. The van der Waals surface area contributed by atoms with Gasteiger partial charge in [0.1, 0.15) is 17.3 Å². The molecular weight excluding hydrogens is 448 g/mol. The second-order valence-corrected chi connectivity index (χ2v) is 9.28. The first-order valence-corrected chi connectivity index (χ1v) is 12.0. The average molecular weight is 473 g/mol. The van der Waals surface area contributed by atoms with Gasteiger partial charge in [0.15, 0.2) is 0 Å². The number of halogens is 1. The van der Waals surface area contributed by atoms with Gasteiger partial charge in [-0.2, -0.15) is 0 Å². The van der Waals surface area contributed by atoms with Crippen molar-refractivity contribution in [2.24, 2.45) is 0 Å². The van der Waals surface area contributed by atoms with Crippen LogP contribution in [0.2, 0.25) is 5.02 Å². The summed E-state index contributed by atoms with van der Waals surface area (Å²) in [5, 5.41) is 2.75. The van der Waals surface area contributed by atoms with Gasteiger partial charge >= 0.3 is 0 Å². The highest BCUT2D eigenvalue weighted by Gasteiger charge is 2.20. The van der Waals surface area contributed by atoms with E-state index in [2.05, 4.69) is 17.0 Å². The normalized spacial score (nSPS) is 11.1. The number of benzene rings is 3. The molecule has 0 aromatic heterocycles. The number of hydrogen-bond acceptors (Lipinski definition) is 4. The fraction of sp³-hybridized carbons (Fsp3) is 0.208. The molecule has 8 heteroatoms. The third-order valence-electron chi connectivity index (χ3n) is 4.77. The van der Waals surface area contributed by atoms with Crippen molar-refractivity contribution in [1.82, 2.24) is 5.32 Å². The fourth-order valence-corrected chi connectivity index (χ4v) is 4.52. The van der Waals surface area contributed by atoms with E-state index < -0.39 is 15.9 Å². The van der Waals surface area contributed by atoms with Gasteiger partial charge in [-0.3, -0.25) is 9.52 Å². The average Bonchev–Trinajstić information content (AvgIpc) is 2.78. The van der Waals surface area contributed by atoms with Gasteiger partial charge in [-0.25, -0.2) is 8.42 Å². The van der Waals surface area contributed by atoms with E-state index in [1.165, 1.54) is 23.8 Å². The Bertz CT molecular complexity index is 1180. The zero-order chi connectivity index (χ0) is 23.1. The van der Waals surface area contributed by atoms with Crippen molar-refractivity contribution in [2.45, 2.75) is 25.2 Å². The predicted octanol–water partition coefficient (Wildman–Crippen LogP) is 4.82. The standard InChI is InChI=1S/C24H25ClN2O4S/c1-3-18-6-11-21(12-7-18)31-15-14-26-24(28)19-8-13-22(25)23(16-19)32(29,30)27-20-9-4-17(2)5-10-20/h4-13,16,27H,3,14-15H2,1-2H3,(H,26,28). The highest BCUT2D eigenvalue weighted by molar-refractivity contribution is 7.92. The molecule has 0 saturated heterocycles. The van der Waals surface area contributed by atoms with Crippen LogP contribution in [0.15, 0.2) is 71.6 Å². The number of anilines is 1. The van der Waals surface area contributed by atoms with Crippen LogP contribution >= 0.6 is 11.6 Å². The molecule has 0 bridgehead atoms. The maximum Gasteiger partial charge on any atom is 0.263 e. The van der Waals surface area contributed by atoms with E-state index >= 15 is 0 Å². The maximum absolute atomic E-state index is 12.8. The van der Waals surface area contributed by atoms with E-state index in [1.807, 2.05) is 31.2 Å². The lowest BCUT2D eigenvalue weighted by Gasteiger charge is -2.12. The van der Waals surface area contributed by atoms with Gasteiger partial charge in [0.05, 0.1) is 11.6 Å². The van der Waals surface area contributed by atoms with E-state index in [-0.39, 0.29) is 28.6 Å². The van der Waals surface area contributed by atoms with Gasteiger partial charge in [-0.1, -0.05) is 48.4 Å². The fourth-order valence-electron chi connectivity index (χ4n) is 2.94. The van der Waals surface area contributed by atoms with Gasteiger partial charge in [0.25, 0.3) is 15.9 Å². The molecule has 3 aromatic carbocycles. The summed E-state index contributed by atoms with van der Waals surface area (Å²) in [6.07, 6.45) is 0.954. The Morgan fingerprint density at radius 1 is 1.00 bits per heavy atom. The first-order chi connectivity index (χ1) is 15.3. The number of ether oxygens (including phenoxy) is 1. The SMILES string of the molecule is CCc1ccc(OCCNC(=O)c2ccc(Cl)c(S(=O)(=O)Nc3ccc(C)cc3)c2)cc1. The predicted molar refractivity (Wildman–Crippen MR) is 127 cm³/mol. The number of carbonyl (C=O) groups is 1. The minimum Gasteiger partial charge on any atom is -0.492 e. The topological polar surface area (TPSA) is 84.5 Å². The zero-order valence-corrected chi connectivity index (χ0v) is 19.5. The second-order valence-electron chi connectivity index (χ2n) is 7.22. The maximum atomic E-state index is 12.8. The monoisotopic (exact) mass is 472 g/mol. The Morgan fingerprint density at radius 2 is 1.69 bits per heavy atom. The summed E-state index contributed by atoms with van der Waals surface area (Å²) in [7, 11) is -3.97. The smallest absolute Gasteiger partial charge is 0.263 e. The largest absolute Gasteiger partial charge is 0.492 e. The summed E-state index contributed by atoms with van der Waals surface area (Å²) in [5.74, 6) is 0.303. The molecule has 0 aliphatic heterocycles. The van der Waals surface area contributed by atoms with Crippen LogP contribution in [0, 0.1) is 6.92 Å². The summed E-state index contributed by atoms with van der Waals surface area (Å²) in [6.45, 7) is 4.54. The van der Waals surface area contributed by atoms with Crippen LogP contribution in [-0.4, -0.2) is 27.5 Å². The summed E-state index contributed by atoms with van der Waals surface area (Å²) in [4.78, 5) is 12.3. The molecule has 32 heavy (non-hydrogen) atoms. The highest BCUT2D eigenvalue weighted by Crippen LogP contribution is 2.25. The van der Waals surface area contributed by atoms with Gasteiger partial charge < -0.3 is 10.1 Å². The Balaban J connectivity index is 1.62. The molecule has 0 radical (unpaired) electrons. The molecule has 0 fully saturated rings. The molecule has 0 atom stereocenters. The van der Waals surface area contributed by atoms with Gasteiger partial charge in [-0.15, -0.1) is 0 Å². The number of nitrogens with one attached hydrogen (secondary N) is 2. The lowest BCUT2D eigenvalue weighted by Crippen LogP contribution is -2.28. The number of rotatable bonds is 9. The molecular formula is C24H25ClN2O4S. The van der Waals surface area contributed by atoms with Crippen molar-refractivity contribution >= 4 is 33.2 Å². The molecule has 0 heterocycles. The van der Waals surface area contributed by atoms with Crippen molar-refractivity contribution in [1.29, 1.82) is 0 Å². The van der Waals surface area contributed by atoms with Crippen LogP contribution in [0.4, 0.5) is 5.69 Å². The van der Waals surface area contributed by atoms with Crippen LogP contribution in [0.1, 0.15) is 28.4 Å². The first-order valence-electron chi connectivity index (χ1n) is 10.2. The molecule has 6 nitrogen and oxygen atoms in total. The Labute approximate surface area is 193 Å². The van der Waals surface area contributed by atoms with Crippen LogP contribution in [0.5, 0.6) is 5.75 Å². The molecule has 3 aromatic rings. The van der Waals surface area contributed by atoms with Gasteiger partial charge in [0.2, 0.25) is 0 Å². The van der Waals surface area contributed by atoms with Crippen LogP contribution in [-0.2, 0) is 16.4 Å². The quantitative estimate of drug-likeness (QED) is 0.437. The third kappa shape index (κ3) is 6.24. The summed E-state index contributed by atoms with van der Waals surface area (Å²) in [5.41, 5.74) is 2.82. The number of aryl methyl sites for hydroxylation is 2. The molecule has 0 unspecified atom stereocenters. The lowest BCUT2D eigenvalue weighted by molar-refractivity contribution is 0.0947. The van der Waals surface area contributed by atoms with E-state index in [9.17, 15) is 13.2 Å². The van der Waals surface area contributed by atoms with Crippen LogP contribution in [0.25, 0.3) is 0 Å². The zero-order valence-electron chi connectivity index (χ0n) is 17.9. The van der Waals surface area contributed by atoms with Crippen molar-refractivity contribution in [3.05, 3.63) is 88.4 Å². The van der Waals surface area contributed by atoms with E-state index in [0.717, 1.165) is 17.7 Å². The summed E-state index contributed by atoms with van der Waals surface area (Å²) < 4.78 is 33.7. The Kier molecular flexibility index (Phi) is 7.77. The number of carbonyl (C=O) groups excluding carboxylic acids is 1. The van der Waals surface area contributed by atoms with Crippen molar-refractivity contribution in [3.63, 3.8) is 0 Å². The van der Waals surface area contributed by atoms with E-state index in [4.69, 9.17) is 16.3 Å². The second kappa shape index (κ2) is 10.5. The summed E-state index contributed by atoms with van der Waals surface area (Å²) in [6, 6.07) is 18.8. The Hall–Kier alpha value is -3.03. The van der Waals surface area contributed by atoms with E-state index in [1.54, 1.807) is 24.3 Å². The number of amides is 1. The summed E-state index contributed by atoms with van der Waals surface area (Å²) >= 11 is 6.12. The minimum absolute atomic E-state index is 0.0278. The van der Waals surface area contributed by atoms with Crippen LogP contribution in [0.3, 0.4) is 0 Å². The molecule has 0 saturated carbocycles. The third-order valence-corrected chi connectivity index (χ3v) is 6.64. The molecule has 1 amide bonds. The van der Waals surface area contributed by atoms with Gasteiger partial charge in [-0.05, 0) is 61.4 Å². The molecule has 2 N–H and O–H groups in total. The van der Waals surface area contributed by atoms with E-state index in [0.29, 0.717) is 5.69 Å². The molecule has 168 valence electrons. The first kappa shape index (κ1) is 23.6. The van der Waals surface area contributed by atoms with Crippen molar-refractivity contribution in [3.8, 4) is 5.75 Å². The molecule has 0 spiro atoms. The minimum atomic E-state index is -3.97. The van der Waals surface area contributed by atoms with Gasteiger partial charge in [0, 0.05) is 11.3 Å².